The van der Waals surface area contributed by atoms with Gasteiger partial charge in [0.25, 0.3) is 0 Å². The van der Waals surface area contributed by atoms with Gasteiger partial charge in [0.1, 0.15) is 0 Å². The highest BCUT2D eigenvalue weighted by Gasteiger charge is 2.11. The summed E-state index contributed by atoms with van der Waals surface area (Å²) in [4.78, 5) is 14.5. The van der Waals surface area contributed by atoms with Crippen molar-refractivity contribution in [1.82, 2.24) is 10.3 Å². The summed E-state index contributed by atoms with van der Waals surface area (Å²) in [7, 11) is 1.42. The Morgan fingerprint density at radius 1 is 1.42 bits per heavy atom. The molecule has 0 bridgehead atoms. The molecule has 1 unspecified atom stereocenters. The van der Waals surface area contributed by atoms with E-state index in [4.69, 9.17) is 0 Å². The first kappa shape index (κ1) is 13.6. The number of aromatic nitrogens is 1. The Balaban J connectivity index is 1.82. The van der Waals surface area contributed by atoms with Gasteiger partial charge in [-0.2, -0.15) is 0 Å². The second-order valence-electron chi connectivity index (χ2n) is 4.74. The van der Waals surface area contributed by atoms with Gasteiger partial charge in [0.2, 0.25) is 0 Å². The second kappa shape index (κ2) is 6.38. The number of nitrogens with one attached hydrogen (secondary N) is 2. The van der Waals surface area contributed by atoms with Crippen LogP contribution in [0.4, 0.5) is 0 Å². The maximum Gasteiger partial charge on any atom is 0.309 e. The molecule has 1 atom stereocenters. The molecule has 4 nitrogen and oxygen atoms in total. The third-order valence-electron chi connectivity index (χ3n) is 3.30. The summed E-state index contributed by atoms with van der Waals surface area (Å²) in [5.41, 5.74) is 2.47. The number of hydrogen-bond donors (Lipinski definition) is 2. The molecule has 2 rings (SSSR count). The number of aromatic amines is 1. The average Bonchev–Trinajstić information content (AvgIpc) is 2.86. The van der Waals surface area contributed by atoms with E-state index in [1.54, 1.807) is 0 Å². The second-order valence-corrected chi connectivity index (χ2v) is 4.74. The first-order valence-corrected chi connectivity index (χ1v) is 6.56. The van der Waals surface area contributed by atoms with Crippen molar-refractivity contribution in [2.45, 2.75) is 13.3 Å². The topological polar surface area (TPSA) is 54.1 Å². The summed E-state index contributed by atoms with van der Waals surface area (Å²) < 4.78 is 4.69. The van der Waals surface area contributed by atoms with Gasteiger partial charge < -0.3 is 15.0 Å². The Morgan fingerprint density at radius 3 is 3.00 bits per heavy atom. The number of carbonyl (C=O) groups is 1. The van der Waals surface area contributed by atoms with Gasteiger partial charge in [0.15, 0.2) is 0 Å². The molecule has 1 aromatic carbocycles. The molecule has 2 N–H and O–H groups in total. The van der Waals surface area contributed by atoms with Gasteiger partial charge in [-0.05, 0) is 24.6 Å². The Morgan fingerprint density at radius 2 is 2.21 bits per heavy atom. The summed E-state index contributed by atoms with van der Waals surface area (Å²) in [6.45, 7) is 3.36. The van der Waals surface area contributed by atoms with Gasteiger partial charge in [0, 0.05) is 23.6 Å². The van der Waals surface area contributed by atoms with Crippen LogP contribution in [0.3, 0.4) is 0 Å². The molecule has 1 heterocycles. The number of hydrogen-bond acceptors (Lipinski definition) is 3. The molecule has 0 radical (unpaired) electrons. The summed E-state index contributed by atoms with van der Waals surface area (Å²) in [6, 6.07) is 8.27. The summed E-state index contributed by atoms with van der Waals surface area (Å²) in [5.74, 6) is -0.271. The van der Waals surface area contributed by atoms with E-state index in [-0.39, 0.29) is 11.9 Å². The fourth-order valence-corrected chi connectivity index (χ4v) is 2.16. The molecular weight excluding hydrogens is 240 g/mol. The Bertz CT molecular complexity index is 548. The number of carbonyl (C=O) groups excluding carboxylic acids is 1. The number of rotatable bonds is 6. The van der Waals surface area contributed by atoms with Crippen LogP contribution in [0.5, 0.6) is 0 Å². The lowest BCUT2D eigenvalue weighted by molar-refractivity contribution is -0.144. The van der Waals surface area contributed by atoms with Crippen LogP contribution in [-0.4, -0.2) is 31.2 Å². The molecule has 0 saturated carbocycles. The van der Waals surface area contributed by atoms with Crippen LogP contribution in [0.2, 0.25) is 0 Å². The van der Waals surface area contributed by atoms with Gasteiger partial charge >= 0.3 is 5.97 Å². The first-order chi connectivity index (χ1) is 9.22. The smallest absolute Gasteiger partial charge is 0.309 e. The van der Waals surface area contributed by atoms with Crippen molar-refractivity contribution in [2.24, 2.45) is 5.92 Å². The SMILES string of the molecule is COC(=O)C(C)CNCCc1c[nH]c2ccccc12. The van der Waals surface area contributed by atoms with Crippen molar-refractivity contribution in [2.75, 3.05) is 20.2 Å². The predicted molar refractivity (Wildman–Crippen MR) is 76.1 cm³/mol. The molecule has 0 aliphatic carbocycles. The number of esters is 1. The molecular formula is C15H20N2O2. The highest BCUT2D eigenvalue weighted by atomic mass is 16.5. The van der Waals surface area contributed by atoms with Crippen LogP contribution < -0.4 is 5.32 Å². The van der Waals surface area contributed by atoms with E-state index in [1.807, 2.05) is 19.1 Å². The van der Waals surface area contributed by atoms with E-state index in [0.717, 1.165) is 13.0 Å². The number of para-hydroxylation sites is 1. The Hall–Kier alpha value is -1.81. The zero-order valence-electron chi connectivity index (χ0n) is 11.4. The van der Waals surface area contributed by atoms with Gasteiger partial charge in [-0.15, -0.1) is 0 Å². The van der Waals surface area contributed by atoms with Crippen molar-refractivity contribution in [3.63, 3.8) is 0 Å². The molecule has 0 amide bonds. The summed E-state index contributed by atoms with van der Waals surface area (Å²) in [6.07, 6.45) is 2.99. The average molecular weight is 260 g/mol. The van der Waals surface area contributed by atoms with Gasteiger partial charge in [0.05, 0.1) is 13.0 Å². The molecule has 102 valence electrons. The molecule has 2 aromatic rings. The van der Waals surface area contributed by atoms with E-state index in [0.29, 0.717) is 6.54 Å². The minimum absolute atomic E-state index is 0.104. The first-order valence-electron chi connectivity index (χ1n) is 6.56. The highest BCUT2D eigenvalue weighted by Crippen LogP contribution is 2.17. The predicted octanol–water partition coefficient (Wildman–Crippen LogP) is 2.11. The maximum atomic E-state index is 11.2. The summed E-state index contributed by atoms with van der Waals surface area (Å²) >= 11 is 0. The zero-order valence-corrected chi connectivity index (χ0v) is 11.4. The highest BCUT2D eigenvalue weighted by molar-refractivity contribution is 5.83. The molecule has 4 heteroatoms. The third-order valence-corrected chi connectivity index (χ3v) is 3.30. The normalized spacial score (nSPS) is 12.5. The van der Waals surface area contributed by atoms with E-state index >= 15 is 0 Å². The quantitative estimate of drug-likeness (QED) is 0.618. The lowest BCUT2D eigenvalue weighted by Gasteiger charge is -2.10. The minimum Gasteiger partial charge on any atom is -0.469 e. The lowest BCUT2D eigenvalue weighted by Crippen LogP contribution is -2.28. The molecule has 0 spiro atoms. The fourth-order valence-electron chi connectivity index (χ4n) is 2.16. The zero-order chi connectivity index (χ0) is 13.7. The van der Waals surface area contributed by atoms with Crippen LogP contribution in [-0.2, 0) is 16.0 Å². The van der Waals surface area contributed by atoms with Gasteiger partial charge in [-0.25, -0.2) is 0 Å². The van der Waals surface area contributed by atoms with Crippen LogP contribution in [0.1, 0.15) is 12.5 Å². The van der Waals surface area contributed by atoms with Crippen LogP contribution in [0.25, 0.3) is 10.9 Å². The van der Waals surface area contributed by atoms with Crippen molar-refractivity contribution in [1.29, 1.82) is 0 Å². The molecule has 1 aromatic heterocycles. The molecule has 0 aliphatic heterocycles. The number of H-pyrrole nitrogens is 1. The van der Waals surface area contributed by atoms with Gasteiger partial charge in [-0.1, -0.05) is 25.1 Å². The van der Waals surface area contributed by atoms with Crippen LogP contribution >= 0.6 is 0 Å². The van der Waals surface area contributed by atoms with E-state index in [2.05, 4.69) is 33.4 Å². The van der Waals surface area contributed by atoms with E-state index < -0.39 is 0 Å². The molecule has 0 aliphatic rings. The standard InChI is InChI=1S/C15H20N2O2/c1-11(15(18)19-2)9-16-8-7-12-10-17-14-6-4-3-5-13(12)14/h3-6,10-11,16-17H,7-9H2,1-2H3. The largest absolute Gasteiger partial charge is 0.469 e. The number of ether oxygens (including phenoxy) is 1. The molecule has 0 fully saturated rings. The van der Waals surface area contributed by atoms with Crippen molar-refractivity contribution >= 4 is 16.9 Å². The van der Waals surface area contributed by atoms with E-state index in [9.17, 15) is 4.79 Å². The van der Waals surface area contributed by atoms with Gasteiger partial charge in [-0.3, -0.25) is 4.79 Å². The maximum absolute atomic E-state index is 11.2. The molecule has 19 heavy (non-hydrogen) atoms. The monoisotopic (exact) mass is 260 g/mol. The van der Waals surface area contributed by atoms with Crippen molar-refractivity contribution < 1.29 is 9.53 Å². The number of benzene rings is 1. The lowest BCUT2D eigenvalue weighted by atomic mass is 10.1. The van der Waals surface area contributed by atoms with Crippen LogP contribution in [0.15, 0.2) is 30.5 Å². The third kappa shape index (κ3) is 3.35. The van der Waals surface area contributed by atoms with Crippen LogP contribution in [0, 0.1) is 5.92 Å². The fraction of sp³-hybridized carbons (Fsp3) is 0.400. The summed E-state index contributed by atoms with van der Waals surface area (Å²) in [5, 5.41) is 4.56. The number of methoxy groups -OCH3 is 1. The minimum atomic E-state index is -0.167. The van der Waals surface area contributed by atoms with Crippen molar-refractivity contribution in [3.8, 4) is 0 Å². The Labute approximate surface area is 113 Å². The van der Waals surface area contributed by atoms with E-state index in [1.165, 1.54) is 23.6 Å². The Kier molecular flexibility index (Phi) is 4.58. The number of fused-ring (bicyclic) bond motifs is 1. The molecule has 0 saturated heterocycles. The van der Waals surface area contributed by atoms with Crippen molar-refractivity contribution in [3.05, 3.63) is 36.0 Å².